The van der Waals surface area contributed by atoms with E-state index in [1.165, 1.54) is 51.4 Å². The van der Waals surface area contributed by atoms with Gasteiger partial charge in [0.2, 0.25) is 5.91 Å². The second-order valence-corrected chi connectivity index (χ2v) is 8.02. The van der Waals surface area contributed by atoms with Gasteiger partial charge in [-0.1, -0.05) is 6.92 Å². The summed E-state index contributed by atoms with van der Waals surface area (Å²) in [5.41, 5.74) is 0. The van der Waals surface area contributed by atoms with Gasteiger partial charge in [-0.3, -0.25) is 4.79 Å². The van der Waals surface area contributed by atoms with Gasteiger partial charge in [0.15, 0.2) is 0 Å². The lowest BCUT2D eigenvalue weighted by atomic mass is 9.90. The van der Waals surface area contributed by atoms with Crippen molar-refractivity contribution < 1.29 is 4.79 Å². The van der Waals surface area contributed by atoms with E-state index in [0.717, 1.165) is 30.2 Å². The molecule has 118 valence electrons. The molecule has 4 saturated carbocycles. The third-order valence-corrected chi connectivity index (χ3v) is 6.79. The summed E-state index contributed by atoms with van der Waals surface area (Å²) < 4.78 is 0. The molecule has 4 rings (SSSR count). The van der Waals surface area contributed by atoms with Crippen molar-refractivity contribution in [3.05, 3.63) is 0 Å². The van der Waals surface area contributed by atoms with Gasteiger partial charge in [0.05, 0.1) is 0 Å². The smallest absolute Gasteiger partial charge is 0.223 e. The van der Waals surface area contributed by atoms with Crippen molar-refractivity contribution in [3.63, 3.8) is 0 Å². The molecule has 1 amide bonds. The molecule has 0 aromatic carbocycles. The molecule has 0 aromatic heterocycles. The molecule has 3 nitrogen and oxygen atoms in total. The van der Waals surface area contributed by atoms with Gasteiger partial charge in [0.25, 0.3) is 0 Å². The zero-order valence-corrected chi connectivity index (χ0v) is 13.3. The summed E-state index contributed by atoms with van der Waals surface area (Å²) in [4.78, 5) is 12.5. The van der Waals surface area contributed by atoms with Crippen LogP contribution in [0.5, 0.6) is 0 Å². The lowest BCUT2D eigenvalue weighted by molar-refractivity contribution is -0.124. The van der Waals surface area contributed by atoms with E-state index in [1.807, 2.05) is 0 Å². The highest BCUT2D eigenvalue weighted by atomic mass is 16.2. The number of fused-ring (bicyclic) bond motifs is 5. The monoisotopic (exact) mass is 290 g/mol. The van der Waals surface area contributed by atoms with Crippen molar-refractivity contribution >= 4 is 5.91 Å². The van der Waals surface area contributed by atoms with Crippen molar-refractivity contribution in [2.24, 2.45) is 29.6 Å². The van der Waals surface area contributed by atoms with Crippen molar-refractivity contribution in [3.8, 4) is 0 Å². The Balaban J connectivity index is 1.22. The standard InChI is InChI=1S/C18H30N2O/c1-2-9-19-13-5-7-14(8-6-13)20-18(21)17-15-11-3-4-12(10-11)16(15)17/h11-17,19H,2-10H2,1H3,(H,20,21). The molecule has 4 aliphatic rings. The number of carbonyl (C=O) groups is 1. The number of nitrogens with one attached hydrogen (secondary N) is 2. The zero-order chi connectivity index (χ0) is 14.4. The van der Waals surface area contributed by atoms with E-state index in [1.54, 1.807) is 0 Å². The quantitative estimate of drug-likeness (QED) is 0.817. The van der Waals surface area contributed by atoms with Gasteiger partial charge in [-0.15, -0.1) is 0 Å². The largest absolute Gasteiger partial charge is 0.353 e. The summed E-state index contributed by atoms with van der Waals surface area (Å²) in [6.07, 6.45) is 10.3. The van der Waals surface area contributed by atoms with Crippen LogP contribution in [0.1, 0.15) is 58.3 Å². The van der Waals surface area contributed by atoms with Gasteiger partial charge in [0, 0.05) is 18.0 Å². The molecule has 0 heterocycles. The summed E-state index contributed by atoms with van der Waals surface area (Å²) in [5.74, 6) is 4.20. The highest BCUT2D eigenvalue weighted by Crippen LogP contribution is 2.69. The van der Waals surface area contributed by atoms with Crippen molar-refractivity contribution in [1.82, 2.24) is 10.6 Å². The lowest BCUT2D eigenvalue weighted by Gasteiger charge is -2.30. The number of hydrogen-bond donors (Lipinski definition) is 2. The van der Waals surface area contributed by atoms with Crippen LogP contribution >= 0.6 is 0 Å². The maximum Gasteiger partial charge on any atom is 0.223 e. The van der Waals surface area contributed by atoms with Gasteiger partial charge in [-0.05, 0) is 81.6 Å². The average Bonchev–Trinajstić information content (AvgIpc) is 2.95. The minimum atomic E-state index is 0.409. The second kappa shape index (κ2) is 5.57. The van der Waals surface area contributed by atoms with Crippen LogP contribution in [-0.4, -0.2) is 24.5 Å². The maximum atomic E-state index is 12.5. The van der Waals surface area contributed by atoms with Gasteiger partial charge in [-0.25, -0.2) is 0 Å². The molecule has 0 saturated heterocycles. The summed E-state index contributed by atoms with van der Waals surface area (Å²) in [6, 6.07) is 1.14. The van der Waals surface area contributed by atoms with Gasteiger partial charge in [-0.2, -0.15) is 0 Å². The predicted molar refractivity (Wildman–Crippen MR) is 83.8 cm³/mol. The summed E-state index contributed by atoms with van der Waals surface area (Å²) in [6.45, 7) is 3.36. The molecule has 2 bridgehead atoms. The SMILES string of the molecule is CCCNC1CCC(NC(=O)C2C3C4CCC(C4)C23)CC1. The van der Waals surface area contributed by atoms with Crippen LogP contribution in [-0.2, 0) is 4.79 Å². The van der Waals surface area contributed by atoms with Gasteiger partial charge < -0.3 is 10.6 Å². The fourth-order valence-electron chi connectivity index (χ4n) is 5.76. The minimum absolute atomic E-state index is 0.409. The molecule has 0 spiro atoms. The number of amides is 1. The van der Waals surface area contributed by atoms with E-state index < -0.39 is 0 Å². The Bertz CT molecular complexity index is 386. The molecule has 4 atom stereocenters. The van der Waals surface area contributed by atoms with Crippen LogP contribution in [0.25, 0.3) is 0 Å². The highest BCUT2D eigenvalue weighted by Gasteiger charge is 2.67. The summed E-state index contributed by atoms with van der Waals surface area (Å²) in [7, 11) is 0. The molecule has 0 aliphatic heterocycles. The number of carbonyl (C=O) groups excluding carboxylic acids is 1. The number of hydrogen-bond acceptors (Lipinski definition) is 2. The van der Waals surface area contributed by atoms with Crippen LogP contribution in [0, 0.1) is 29.6 Å². The van der Waals surface area contributed by atoms with E-state index in [-0.39, 0.29) is 0 Å². The van der Waals surface area contributed by atoms with Crippen molar-refractivity contribution in [1.29, 1.82) is 0 Å². The van der Waals surface area contributed by atoms with Gasteiger partial charge in [0.1, 0.15) is 0 Å². The van der Waals surface area contributed by atoms with E-state index in [9.17, 15) is 4.79 Å². The molecular weight excluding hydrogens is 260 g/mol. The third kappa shape index (κ3) is 2.52. The first-order valence-corrected chi connectivity index (χ1v) is 9.31. The molecule has 0 aromatic rings. The Labute approximate surface area is 128 Å². The highest BCUT2D eigenvalue weighted by molar-refractivity contribution is 5.83. The number of rotatable bonds is 5. The van der Waals surface area contributed by atoms with Crippen molar-refractivity contribution in [2.75, 3.05) is 6.54 Å². The third-order valence-electron chi connectivity index (χ3n) is 6.79. The first kappa shape index (κ1) is 14.0. The van der Waals surface area contributed by atoms with E-state index in [0.29, 0.717) is 23.9 Å². The Hall–Kier alpha value is -0.570. The first-order valence-electron chi connectivity index (χ1n) is 9.31. The Morgan fingerprint density at radius 3 is 2.19 bits per heavy atom. The topological polar surface area (TPSA) is 41.1 Å². The van der Waals surface area contributed by atoms with E-state index >= 15 is 0 Å². The summed E-state index contributed by atoms with van der Waals surface area (Å²) >= 11 is 0. The molecule has 0 radical (unpaired) electrons. The second-order valence-electron chi connectivity index (χ2n) is 8.02. The first-order chi connectivity index (χ1) is 10.3. The lowest BCUT2D eigenvalue weighted by Crippen LogP contribution is -2.43. The Morgan fingerprint density at radius 1 is 0.952 bits per heavy atom. The Kier molecular flexibility index (Phi) is 3.72. The van der Waals surface area contributed by atoms with Gasteiger partial charge >= 0.3 is 0 Å². The Morgan fingerprint density at radius 2 is 1.57 bits per heavy atom. The maximum absolute atomic E-state index is 12.5. The predicted octanol–water partition coefficient (Wildman–Crippen LogP) is 2.71. The van der Waals surface area contributed by atoms with Crippen LogP contribution in [0.4, 0.5) is 0 Å². The normalized spacial score (nSPS) is 47.2. The van der Waals surface area contributed by atoms with Crippen LogP contribution in [0.2, 0.25) is 0 Å². The van der Waals surface area contributed by atoms with Crippen LogP contribution in [0.15, 0.2) is 0 Å². The molecule has 4 unspecified atom stereocenters. The van der Waals surface area contributed by atoms with Crippen molar-refractivity contribution in [2.45, 2.75) is 70.4 Å². The summed E-state index contributed by atoms with van der Waals surface area (Å²) in [5, 5.41) is 7.01. The fraction of sp³-hybridized carbons (Fsp3) is 0.944. The minimum Gasteiger partial charge on any atom is -0.353 e. The fourth-order valence-corrected chi connectivity index (χ4v) is 5.76. The van der Waals surface area contributed by atoms with Crippen LogP contribution in [0.3, 0.4) is 0 Å². The molecule has 2 N–H and O–H groups in total. The molecule has 4 aliphatic carbocycles. The van der Waals surface area contributed by atoms with E-state index in [2.05, 4.69) is 17.6 Å². The molecular formula is C18H30N2O. The molecule has 3 heteroatoms. The zero-order valence-electron chi connectivity index (χ0n) is 13.3. The van der Waals surface area contributed by atoms with E-state index in [4.69, 9.17) is 0 Å². The average molecular weight is 290 g/mol. The molecule has 21 heavy (non-hydrogen) atoms. The molecule has 4 fully saturated rings. The van der Waals surface area contributed by atoms with Crippen LogP contribution < -0.4 is 10.6 Å².